The van der Waals surface area contributed by atoms with Crippen LogP contribution in [0.5, 0.6) is 0 Å². The average Bonchev–Trinajstić information content (AvgIpc) is 2.46. The van der Waals surface area contributed by atoms with Crippen LogP contribution in [0.25, 0.3) is 0 Å². The third-order valence-electron chi connectivity index (χ3n) is 2.85. The molecule has 0 radical (unpaired) electrons. The molecule has 0 fully saturated rings. The molecular formula is C17H16O3. The number of benzene rings is 2. The number of esters is 1. The normalized spacial score (nSPS) is 10.3. The van der Waals surface area contributed by atoms with Crippen molar-refractivity contribution in [2.45, 2.75) is 19.4 Å². The molecule has 0 saturated heterocycles. The smallest absolute Gasteiger partial charge is 0.314 e. The summed E-state index contributed by atoms with van der Waals surface area (Å²) in [4.78, 5) is 22.8. The number of hydrogen-bond acceptors (Lipinski definition) is 3. The van der Waals surface area contributed by atoms with Gasteiger partial charge in [0.05, 0.1) is 0 Å². The topological polar surface area (TPSA) is 43.4 Å². The first kappa shape index (κ1) is 14.0. The first-order valence-corrected chi connectivity index (χ1v) is 6.45. The number of ether oxygens (including phenoxy) is 1. The Kier molecular flexibility index (Phi) is 4.66. The van der Waals surface area contributed by atoms with Crippen LogP contribution in [-0.2, 0) is 14.3 Å². The zero-order valence-corrected chi connectivity index (χ0v) is 11.3. The standard InChI is InChI=1S/C17H16O3/c1-13(18)12-16(19)20-17(14-8-4-2-5-9-14)15-10-6-3-7-11-15/h2-11,17H,12H2,1H3. The molecular weight excluding hydrogens is 252 g/mol. The number of hydrogen-bond donors (Lipinski definition) is 0. The Morgan fingerprint density at radius 3 is 1.75 bits per heavy atom. The highest BCUT2D eigenvalue weighted by Gasteiger charge is 2.19. The van der Waals surface area contributed by atoms with E-state index in [1.165, 1.54) is 6.92 Å². The summed E-state index contributed by atoms with van der Waals surface area (Å²) in [6.45, 7) is 1.38. The number of carbonyl (C=O) groups is 2. The predicted octanol–water partition coefficient (Wildman–Crippen LogP) is 3.30. The number of rotatable bonds is 5. The van der Waals surface area contributed by atoms with Crippen LogP contribution in [0.3, 0.4) is 0 Å². The van der Waals surface area contributed by atoms with Crippen LogP contribution < -0.4 is 0 Å². The first-order valence-electron chi connectivity index (χ1n) is 6.45. The fourth-order valence-electron chi connectivity index (χ4n) is 1.96. The average molecular weight is 268 g/mol. The maximum atomic E-state index is 11.8. The van der Waals surface area contributed by atoms with Crippen LogP contribution >= 0.6 is 0 Å². The fraction of sp³-hybridized carbons (Fsp3) is 0.176. The molecule has 0 atom stereocenters. The number of ketones is 1. The SMILES string of the molecule is CC(=O)CC(=O)OC(c1ccccc1)c1ccccc1. The summed E-state index contributed by atoms with van der Waals surface area (Å²) < 4.78 is 5.47. The lowest BCUT2D eigenvalue weighted by Crippen LogP contribution is -2.14. The molecule has 0 aliphatic carbocycles. The Labute approximate surface area is 118 Å². The zero-order valence-electron chi connectivity index (χ0n) is 11.3. The van der Waals surface area contributed by atoms with Crippen molar-refractivity contribution in [2.24, 2.45) is 0 Å². The summed E-state index contributed by atoms with van der Waals surface area (Å²) in [7, 11) is 0. The second-order valence-electron chi connectivity index (χ2n) is 4.57. The van der Waals surface area contributed by atoms with Crippen LogP contribution in [-0.4, -0.2) is 11.8 Å². The molecule has 0 aliphatic heterocycles. The third kappa shape index (κ3) is 3.79. The second kappa shape index (κ2) is 6.66. The number of Topliss-reactive ketones (excluding diaryl/α,β-unsaturated/α-hetero) is 1. The van der Waals surface area contributed by atoms with Gasteiger partial charge in [0.1, 0.15) is 12.2 Å². The van der Waals surface area contributed by atoms with Gasteiger partial charge in [0.25, 0.3) is 0 Å². The maximum absolute atomic E-state index is 11.8. The van der Waals surface area contributed by atoms with E-state index in [1.54, 1.807) is 0 Å². The summed E-state index contributed by atoms with van der Waals surface area (Å²) in [5, 5.41) is 0. The molecule has 0 aromatic heterocycles. The van der Waals surface area contributed by atoms with Crippen molar-refractivity contribution >= 4 is 11.8 Å². The Balaban J connectivity index is 2.26. The molecule has 3 heteroatoms. The molecule has 2 aromatic carbocycles. The van der Waals surface area contributed by atoms with Gasteiger partial charge >= 0.3 is 5.97 Å². The molecule has 0 unspecified atom stereocenters. The van der Waals surface area contributed by atoms with Gasteiger partial charge in [-0.15, -0.1) is 0 Å². The van der Waals surface area contributed by atoms with E-state index in [1.807, 2.05) is 60.7 Å². The summed E-state index contributed by atoms with van der Waals surface area (Å²) in [5.74, 6) is -0.704. The highest BCUT2D eigenvalue weighted by Crippen LogP contribution is 2.26. The first-order chi connectivity index (χ1) is 9.66. The largest absolute Gasteiger partial charge is 0.452 e. The Morgan fingerprint density at radius 1 is 0.900 bits per heavy atom. The second-order valence-corrected chi connectivity index (χ2v) is 4.57. The van der Waals surface area contributed by atoms with Crippen molar-refractivity contribution in [2.75, 3.05) is 0 Å². The molecule has 20 heavy (non-hydrogen) atoms. The van der Waals surface area contributed by atoms with Crippen molar-refractivity contribution < 1.29 is 14.3 Å². The van der Waals surface area contributed by atoms with Crippen LogP contribution in [0.15, 0.2) is 60.7 Å². The van der Waals surface area contributed by atoms with Gasteiger partial charge in [-0.1, -0.05) is 60.7 Å². The summed E-state index contributed by atoms with van der Waals surface area (Å²) in [6, 6.07) is 19.0. The van der Waals surface area contributed by atoms with E-state index in [9.17, 15) is 9.59 Å². The zero-order chi connectivity index (χ0) is 14.4. The quantitative estimate of drug-likeness (QED) is 0.617. The fourth-order valence-corrected chi connectivity index (χ4v) is 1.96. The van der Waals surface area contributed by atoms with E-state index < -0.39 is 12.1 Å². The van der Waals surface area contributed by atoms with Gasteiger partial charge in [-0.05, 0) is 18.1 Å². The van der Waals surface area contributed by atoms with Crippen molar-refractivity contribution in [3.8, 4) is 0 Å². The van der Waals surface area contributed by atoms with Gasteiger partial charge in [0.15, 0.2) is 6.10 Å². The Bertz CT molecular complexity index is 536. The van der Waals surface area contributed by atoms with Crippen LogP contribution in [0.1, 0.15) is 30.6 Å². The van der Waals surface area contributed by atoms with Crippen molar-refractivity contribution in [1.29, 1.82) is 0 Å². The van der Waals surface area contributed by atoms with Gasteiger partial charge < -0.3 is 4.74 Å². The van der Waals surface area contributed by atoms with Gasteiger partial charge in [0.2, 0.25) is 0 Å². The molecule has 0 saturated carbocycles. The number of carbonyl (C=O) groups excluding carboxylic acids is 2. The van der Waals surface area contributed by atoms with E-state index in [0.717, 1.165) is 11.1 Å². The van der Waals surface area contributed by atoms with Gasteiger partial charge in [-0.25, -0.2) is 0 Å². The predicted molar refractivity (Wildman–Crippen MR) is 76.1 cm³/mol. The molecule has 2 aromatic rings. The Hall–Kier alpha value is -2.42. The third-order valence-corrected chi connectivity index (χ3v) is 2.85. The molecule has 0 N–H and O–H groups in total. The van der Waals surface area contributed by atoms with E-state index >= 15 is 0 Å². The molecule has 0 bridgehead atoms. The van der Waals surface area contributed by atoms with Crippen molar-refractivity contribution in [3.63, 3.8) is 0 Å². The van der Waals surface area contributed by atoms with E-state index in [-0.39, 0.29) is 12.2 Å². The van der Waals surface area contributed by atoms with Crippen LogP contribution in [0.2, 0.25) is 0 Å². The van der Waals surface area contributed by atoms with Gasteiger partial charge in [-0.2, -0.15) is 0 Å². The molecule has 102 valence electrons. The minimum atomic E-state index is -0.504. The lowest BCUT2D eigenvalue weighted by molar-refractivity contribution is -0.149. The molecule has 0 amide bonds. The van der Waals surface area contributed by atoms with Gasteiger partial charge in [0, 0.05) is 0 Å². The van der Waals surface area contributed by atoms with Crippen LogP contribution in [0, 0.1) is 0 Å². The Morgan fingerprint density at radius 2 is 1.35 bits per heavy atom. The van der Waals surface area contributed by atoms with Crippen molar-refractivity contribution in [3.05, 3.63) is 71.8 Å². The molecule has 0 heterocycles. The van der Waals surface area contributed by atoms with E-state index in [4.69, 9.17) is 4.74 Å². The summed E-state index contributed by atoms with van der Waals surface area (Å²) >= 11 is 0. The molecule has 2 rings (SSSR count). The molecule has 0 spiro atoms. The van der Waals surface area contributed by atoms with E-state index in [2.05, 4.69) is 0 Å². The monoisotopic (exact) mass is 268 g/mol. The summed E-state index contributed by atoms with van der Waals surface area (Å²) in [5.41, 5.74) is 1.77. The van der Waals surface area contributed by atoms with Crippen LogP contribution in [0.4, 0.5) is 0 Å². The van der Waals surface area contributed by atoms with E-state index in [0.29, 0.717) is 0 Å². The highest BCUT2D eigenvalue weighted by atomic mass is 16.5. The lowest BCUT2D eigenvalue weighted by Gasteiger charge is -2.18. The lowest BCUT2D eigenvalue weighted by atomic mass is 10.0. The minimum absolute atomic E-state index is 0.198. The van der Waals surface area contributed by atoms with Crippen molar-refractivity contribution in [1.82, 2.24) is 0 Å². The molecule has 0 aliphatic rings. The highest BCUT2D eigenvalue weighted by molar-refractivity contribution is 5.94. The minimum Gasteiger partial charge on any atom is -0.452 e. The molecule has 3 nitrogen and oxygen atoms in total. The van der Waals surface area contributed by atoms with Gasteiger partial charge in [-0.3, -0.25) is 9.59 Å². The maximum Gasteiger partial charge on any atom is 0.314 e. The summed E-state index contributed by atoms with van der Waals surface area (Å²) in [6.07, 6.45) is -0.680.